The number of anilines is 1. The van der Waals surface area contributed by atoms with Gasteiger partial charge < -0.3 is 9.47 Å². The topological polar surface area (TPSA) is 84.9 Å². The maximum Gasteiger partial charge on any atom is 0.335 e. The van der Waals surface area contributed by atoms with Crippen LogP contribution in [0.15, 0.2) is 52.5 Å². The summed E-state index contributed by atoms with van der Waals surface area (Å²) in [7, 11) is 0. The molecule has 1 aliphatic rings. The van der Waals surface area contributed by atoms with Crippen LogP contribution in [0.1, 0.15) is 57.9 Å². The van der Waals surface area contributed by atoms with E-state index in [4.69, 9.17) is 9.47 Å². The van der Waals surface area contributed by atoms with E-state index in [1.807, 2.05) is 6.92 Å². The average Bonchev–Trinajstić information content (AvgIpc) is 2.83. The van der Waals surface area contributed by atoms with E-state index < -0.39 is 17.8 Å². The summed E-state index contributed by atoms with van der Waals surface area (Å²) in [5, 5.41) is 2.24. The number of halogens is 1. The van der Waals surface area contributed by atoms with Crippen molar-refractivity contribution in [1.82, 2.24) is 5.32 Å². The van der Waals surface area contributed by atoms with Gasteiger partial charge in [-0.15, -0.1) is 0 Å². The highest BCUT2D eigenvalue weighted by Crippen LogP contribution is 2.38. The number of unbranched alkanes of at least 4 members (excludes halogenated alkanes) is 5. The number of nitrogens with zero attached hydrogens (tertiary/aromatic N) is 1. The van der Waals surface area contributed by atoms with Gasteiger partial charge in [0.2, 0.25) is 0 Å². The highest BCUT2D eigenvalue weighted by Gasteiger charge is 2.36. The van der Waals surface area contributed by atoms with Crippen molar-refractivity contribution in [3.63, 3.8) is 0 Å². The molecule has 1 heterocycles. The van der Waals surface area contributed by atoms with Crippen LogP contribution in [0.3, 0.4) is 0 Å². The molecule has 2 aromatic rings. The molecule has 0 aromatic heterocycles. The number of rotatable bonds is 12. The van der Waals surface area contributed by atoms with E-state index >= 15 is 0 Å². The molecule has 3 rings (SSSR count). The minimum Gasteiger partial charge on any atom is -0.490 e. The number of carbonyl (C=O) groups is 3. The van der Waals surface area contributed by atoms with Crippen molar-refractivity contribution in [2.75, 3.05) is 18.1 Å². The Labute approximate surface area is 214 Å². The molecule has 0 spiro atoms. The fourth-order valence-corrected chi connectivity index (χ4v) is 4.34. The number of ether oxygens (including phenoxy) is 2. The summed E-state index contributed by atoms with van der Waals surface area (Å²) in [6, 6.07) is 11.2. The Bertz CT molecular complexity index is 1080. The minimum atomic E-state index is -0.780. The standard InChI is InChI=1S/C27H31BrN2O5/c1-3-5-6-7-8-12-15-35-24-22(28)17-19(18-23(24)34-4-2)16-21-25(31)29-27(33)30(26(21)32)20-13-10-9-11-14-20/h9-11,13-14,16-18H,3-8,12,15H2,1-2H3,(H,29,31,33)/b21-16-. The van der Waals surface area contributed by atoms with E-state index in [0.717, 1.165) is 17.7 Å². The second-order valence-corrected chi connectivity index (χ2v) is 9.03. The molecule has 4 amide bonds. The van der Waals surface area contributed by atoms with Crippen molar-refractivity contribution in [1.29, 1.82) is 0 Å². The normalized spacial score (nSPS) is 14.9. The minimum absolute atomic E-state index is 0.149. The highest BCUT2D eigenvalue weighted by atomic mass is 79.9. The van der Waals surface area contributed by atoms with Gasteiger partial charge in [-0.05, 0) is 65.2 Å². The summed E-state index contributed by atoms with van der Waals surface area (Å²) in [4.78, 5) is 38.9. The Morgan fingerprint density at radius 2 is 1.66 bits per heavy atom. The molecule has 35 heavy (non-hydrogen) atoms. The van der Waals surface area contributed by atoms with Gasteiger partial charge in [0.15, 0.2) is 11.5 Å². The van der Waals surface area contributed by atoms with E-state index in [1.54, 1.807) is 42.5 Å². The fourth-order valence-electron chi connectivity index (χ4n) is 3.77. The molecule has 1 N–H and O–H groups in total. The molecule has 2 aromatic carbocycles. The van der Waals surface area contributed by atoms with Crippen LogP contribution in [0.4, 0.5) is 10.5 Å². The van der Waals surface area contributed by atoms with Crippen molar-refractivity contribution in [3.8, 4) is 11.5 Å². The second-order valence-electron chi connectivity index (χ2n) is 8.17. The third kappa shape index (κ3) is 6.94. The number of hydrogen-bond donors (Lipinski definition) is 1. The first kappa shape index (κ1) is 26.5. The van der Waals surface area contributed by atoms with Crippen LogP contribution in [0, 0.1) is 0 Å². The Hall–Kier alpha value is -3.13. The third-order valence-corrected chi connectivity index (χ3v) is 6.09. The van der Waals surface area contributed by atoms with Gasteiger partial charge in [-0.2, -0.15) is 0 Å². The predicted octanol–water partition coefficient (Wildman–Crippen LogP) is 6.25. The number of nitrogens with one attached hydrogen (secondary N) is 1. The molecule has 0 aliphatic carbocycles. The monoisotopic (exact) mass is 542 g/mol. The lowest BCUT2D eigenvalue weighted by atomic mass is 10.1. The number of urea groups is 1. The van der Waals surface area contributed by atoms with E-state index in [2.05, 4.69) is 28.2 Å². The summed E-state index contributed by atoms with van der Waals surface area (Å²) >= 11 is 3.54. The third-order valence-electron chi connectivity index (χ3n) is 5.50. The van der Waals surface area contributed by atoms with Crippen LogP contribution in [-0.4, -0.2) is 31.1 Å². The summed E-state index contributed by atoms with van der Waals surface area (Å²) in [6.07, 6.45) is 8.43. The fraction of sp³-hybridized carbons (Fsp3) is 0.370. The molecule has 0 atom stereocenters. The maximum absolute atomic E-state index is 13.1. The number of benzene rings is 2. The Kier molecular flexibility index (Phi) is 9.90. The first-order chi connectivity index (χ1) is 17.0. The Morgan fingerprint density at radius 3 is 2.37 bits per heavy atom. The van der Waals surface area contributed by atoms with Gasteiger partial charge in [-0.3, -0.25) is 14.9 Å². The lowest BCUT2D eigenvalue weighted by Crippen LogP contribution is -2.54. The van der Waals surface area contributed by atoms with Crippen molar-refractivity contribution in [2.24, 2.45) is 0 Å². The molecule has 186 valence electrons. The van der Waals surface area contributed by atoms with Crippen molar-refractivity contribution in [2.45, 2.75) is 52.4 Å². The van der Waals surface area contributed by atoms with Gasteiger partial charge in [0, 0.05) is 0 Å². The molecule has 1 fully saturated rings. The van der Waals surface area contributed by atoms with E-state index in [9.17, 15) is 14.4 Å². The van der Waals surface area contributed by atoms with Crippen LogP contribution >= 0.6 is 15.9 Å². The Balaban J connectivity index is 1.80. The molecule has 0 radical (unpaired) electrons. The van der Waals surface area contributed by atoms with Crippen LogP contribution in [0.25, 0.3) is 6.08 Å². The highest BCUT2D eigenvalue weighted by molar-refractivity contribution is 9.10. The number of imide groups is 2. The number of barbiturate groups is 1. The van der Waals surface area contributed by atoms with E-state index in [1.165, 1.54) is 31.8 Å². The van der Waals surface area contributed by atoms with Gasteiger partial charge in [-0.25, -0.2) is 9.69 Å². The number of para-hydroxylation sites is 1. The SMILES string of the molecule is CCCCCCCCOc1c(Br)cc(/C=C2/C(=O)NC(=O)N(c3ccccc3)C2=O)cc1OCC. The molecule has 0 bridgehead atoms. The molecule has 1 aliphatic heterocycles. The molecule has 7 nitrogen and oxygen atoms in total. The number of carbonyl (C=O) groups excluding carboxylic acids is 3. The molecule has 8 heteroatoms. The van der Waals surface area contributed by atoms with Crippen molar-refractivity contribution >= 4 is 45.5 Å². The zero-order valence-electron chi connectivity index (χ0n) is 20.1. The van der Waals surface area contributed by atoms with Gasteiger partial charge in [0.05, 0.1) is 23.4 Å². The largest absolute Gasteiger partial charge is 0.490 e. The molecular formula is C27H31BrN2O5. The van der Waals surface area contributed by atoms with Gasteiger partial charge in [0.1, 0.15) is 5.57 Å². The molecule has 0 unspecified atom stereocenters. The summed E-state index contributed by atoms with van der Waals surface area (Å²) < 4.78 is 12.4. The lowest BCUT2D eigenvalue weighted by molar-refractivity contribution is -0.122. The molecule has 0 saturated carbocycles. The second kappa shape index (κ2) is 13.1. The van der Waals surface area contributed by atoms with Crippen LogP contribution in [0.2, 0.25) is 0 Å². The Morgan fingerprint density at radius 1 is 0.943 bits per heavy atom. The summed E-state index contributed by atoms with van der Waals surface area (Å²) in [6.45, 7) is 5.07. The molecule has 1 saturated heterocycles. The van der Waals surface area contributed by atoms with E-state index in [-0.39, 0.29) is 5.57 Å². The smallest absolute Gasteiger partial charge is 0.335 e. The van der Waals surface area contributed by atoms with Gasteiger partial charge >= 0.3 is 6.03 Å². The van der Waals surface area contributed by atoms with Gasteiger partial charge in [0.25, 0.3) is 11.8 Å². The number of amides is 4. The quantitative estimate of drug-likeness (QED) is 0.194. The van der Waals surface area contributed by atoms with Crippen molar-refractivity contribution < 1.29 is 23.9 Å². The predicted molar refractivity (Wildman–Crippen MR) is 140 cm³/mol. The zero-order chi connectivity index (χ0) is 25.2. The van der Waals surface area contributed by atoms with Crippen LogP contribution < -0.4 is 19.7 Å². The van der Waals surface area contributed by atoms with Crippen LogP contribution in [-0.2, 0) is 9.59 Å². The number of hydrogen-bond acceptors (Lipinski definition) is 5. The zero-order valence-corrected chi connectivity index (χ0v) is 21.7. The molecular weight excluding hydrogens is 512 g/mol. The first-order valence-corrected chi connectivity index (χ1v) is 12.8. The maximum atomic E-state index is 13.1. The lowest BCUT2D eigenvalue weighted by Gasteiger charge is -2.26. The summed E-state index contributed by atoms with van der Waals surface area (Å²) in [5.74, 6) is -0.338. The first-order valence-electron chi connectivity index (χ1n) is 12.0. The van der Waals surface area contributed by atoms with E-state index in [0.29, 0.717) is 40.4 Å². The van der Waals surface area contributed by atoms with Crippen molar-refractivity contribution in [3.05, 3.63) is 58.1 Å². The van der Waals surface area contributed by atoms with Crippen LogP contribution in [0.5, 0.6) is 11.5 Å². The van der Waals surface area contributed by atoms with Gasteiger partial charge in [-0.1, -0.05) is 57.2 Å². The summed E-state index contributed by atoms with van der Waals surface area (Å²) in [5.41, 5.74) is 0.791. The average molecular weight is 543 g/mol.